The van der Waals surface area contributed by atoms with E-state index in [1.165, 1.54) is 25.7 Å². The molecule has 1 aliphatic carbocycles. The first-order chi connectivity index (χ1) is 9.69. The molecule has 5 nitrogen and oxygen atoms in total. The number of hydrogen-bond donors (Lipinski definition) is 1. The third-order valence-corrected chi connectivity index (χ3v) is 5.51. The molecular weight excluding hydrogens is 290 g/mol. The highest BCUT2D eigenvalue weighted by Crippen LogP contribution is 2.45. The molecule has 1 aliphatic heterocycles. The number of amides is 1. The van der Waals surface area contributed by atoms with E-state index in [1.807, 2.05) is 20.8 Å². The van der Waals surface area contributed by atoms with Gasteiger partial charge in [0.25, 0.3) is 0 Å². The van der Waals surface area contributed by atoms with Crippen molar-refractivity contribution in [2.45, 2.75) is 68.5 Å². The minimum Gasteiger partial charge on any atom is -0.481 e. The molecule has 0 aromatic rings. The first-order valence-corrected chi connectivity index (χ1v) is 8.45. The normalized spacial score (nSPS) is 22.0. The molecular formula is C15H25NO4S. The van der Waals surface area contributed by atoms with Gasteiger partial charge in [0.1, 0.15) is 5.60 Å². The Morgan fingerprint density at radius 1 is 1.29 bits per heavy atom. The van der Waals surface area contributed by atoms with Gasteiger partial charge in [-0.05, 0) is 33.6 Å². The number of hydrogen-bond acceptors (Lipinski definition) is 4. The second kappa shape index (κ2) is 6.07. The van der Waals surface area contributed by atoms with Crippen molar-refractivity contribution in [2.75, 3.05) is 13.1 Å². The molecule has 0 atom stereocenters. The van der Waals surface area contributed by atoms with Crippen molar-refractivity contribution in [3.63, 3.8) is 0 Å². The van der Waals surface area contributed by atoms with E-state index in [2.05, 4.69) is 0 Å². The van der Waals surface area contributed by atoms with Crippen LogP contribution in [0.3, 0.4) is 0 Å². The topological polar surface area (TPSA) is 66.8 Å². The van der Waals surface area contributed by atoms with E-state index in [4.69, 9.17) is 9.84 Å². The highest BCUT2D eigenvalue weighted by molar-refractivity contribution is 8.01. The van der Waals surface area contributed by atoms with Crippen LogP contribution < -0.4 is 0 Å². The van der Waals surface area contributed by atoms with Gasteiger partial charge in [0.05, 0.1) is 11.2 Å². The Hall–Kier alpha value is -0.910. The number of carbonyl (C=O) groups excluding carboxylic acids is 1. The fourth-order valence-electron chi connectivity index (χ4n) is 2.97. The van der Waals surface area contributed by atoms with E-state index in [-0.39, 0.29) is 17.3 Å². The Kier molecular flexibility index (Phi) is 4.76. The molecule has 1 saturated carbocycles. The van der Waals surface area contributed by atoms with E-state index in [0.717, 1.165) is 0 Å². The van der Waals surface area contributed by atoms with Crippen LogP contribution in [0.4, 0.5) is 4.79 Å². The Balaban J connectivity index is 1.92. The monoisotopic (exact) mass is 315 g/mol. The number of aliphatic carboxylic acids is 1. The molecule has 0 unspecified atom stereocenters. The Morgan fingerprint density at radius 3 is 2.33 bits per heavy atom. The third-order valence-electron chi connectivity index (χ3n) is 3.80. The van der Waals surface area contributed by atoms with E-state index >= 15 is 0 Å². The number of likely N-dealkylation sites (tertiary alicyclic amines) is 1. The van der Waals surface area contributed by atoms with Crippen molar-refractivity contribution < 1.29 is 19.4 Å². The van der Waals surface area contributed by atoms with Gasteiger partial charge in [-0.1, -0.05) is 12.8 Å². The summed E-state index contributed by atoms with van der Waals surface area (Å²) < 4.78 is 5.02. The van der Waals surface area contributed by atoms with Crippen LogP contribution in [0.15, 0.2) is 0 Å². The van der Waals surface area contributed by atoms with Crippen LogP contribution in [0.5, 0.6) is 0 Å². The maximum atomic E-state index is 12.0. The lowest BCUT2D eigenvalue weighted by Crippen LogP contribution is -2.63. The molecule has 1 heterocycles. The fraction of sp³-hybridized carbons (Fsp3) is 0.867. The summed E-state index contributed by atoms with van der Waals surface area (Å²) in [4.78, 5) is 24.8. The number of thioether (sulfide) groups is 1. The zero-order valence-electron chi connectivity index (χ0n) is 13.1. The van der Waals surface area contributed by atoms with Crippen LogP contribution in [0.1, 0.15) is 52.9 Å². The van der Waals surface area contributed by atoms with Crippen molar-refractivity contribution in [2.24, 2.45) is 0 Å². The average Bonchev–Trinajstić information content (AvgIpc) is 2.74. The largest absolute Gasteiger partial charge is 0.481 e. The summed E-state index contributed by atoms with van der Waals surface area (Å²) in [6.07, 6.45) is 4.58. The summed E-state index contributed by atoms with van der Waals surface area (Å²) in [5.74, 6) is -0.788. The number of nitrogens with zero attached hydrogens (tertiary/aromatic N) is 1. The second-order valence-electron chi connectivity index (χ2n) is 7.11. The van der Waals surface area contributed by atoms with Crippen molar-refractivity contribution >= 4 is 23.8 Å². The minimum absolute atomic E-state index is 0.119. The van der Waals surface area contributed by atoms with Crippen LogP contribution in [-0.4, -0.2) is 50.8 Å². The summed E-state index contributed by atoms with van der Waals surface area (Å²) in [6, 6.07) is 0. The lowest BCUT2D eigenvalue weighted by molar-refractivity contribution is -0.138. The van der Waals surface area contributed by atoms with Crippen LogP contribution >= 0.6 is 11.8 Å². The van der Waals surface area contributed by atoms with Crippen molar-refractivity contribution in [1.82, 2.24) is 4.90 Å². The van der Waals surface area contributed by atoms with Gasteiger partial charge in [-0.25, -0.2) is 4.79 Å². The summed E-state index contributed by atoms with van der Waals surface area (Å²) in [5.41, 5.74) is -0.513. The summed E-state index contributed by atoms with van der Waals surface area (Å²) >= 11 is 1.78. The van der Waals surface area contributed by atoms with Crippen molar-refractivity contribution in [3.8, 4) is 0 Å². The molecule has 0 aromatic carbocycles. The molecule has 1 amide bonds. The van der Waals surface area contributed by atoms with Gasteiger partial charge in [-0.3, -0.25) is 4.79 Å². The molecule has 0 radical (unpaired) electrons. The molecule has 120 valence electrons. The molecule has 2 aliphatic rings. The molecule has 1 N–H and O–H groups in total. The first kappa shape index (κ1) is 16.5. The molecule has 21 heavy (non-hydrogen) atoms. The molecule has 6 heteroatoms. The van der Waals surface area contributed by atoms with Crippen LogP contribution in [0, 0.1) is 0 Å². The molecule has 2 fully saturated rings. The number of carboxylic acid groups (broad SMARTS) is 1. The summed E-state index contributed by atoms with van der Waals surface area (Å²) in [5, 5.41) is 9.70. The van der Waals surface area contributed by atoms with Gasteiger partial charge in [0.15, 0.2) is 0 Å². The highest BCUT2D eigenvalue weighted by atomic mass is 32.2. The predicted octanol–water partition coefficient (Wildman–Crippen LogP) is 3.13. The Labute approximate surface area is 130 Å². The van der Waals surface area contributed by atoms with E-state index in [9.17, 15) is 9.59 Å². The average molecular weight is 315 g/mol. The molecule has 0 bridgehead atoms. The van der Waals surface area contributed by atoms with Crippen LogP contribution in [-0.2, 0) is 9.53 Å². The number of ether oxygens (including phenoxy) is 1. The first-order valence-electron chi connectivity index (χ1n) is 7.57. The van der Waals surface area contributed by atoms with Crippen LogP contribution in [0.2, 0.25) is 0 Å². The highest BCUT2D eigenvalue weighted by Gasteiger charge is 2.49. The number of rotatable bonds is 4. The van der Waals surface area contributed by atoms with Crippen LogP contribution in [0.25, 0.3) is 0 Å². The van der Waals surface area contributed by atoms with E-state index in [1.54, 1.807) is 16.7 Å². The zero-order valence-corrected chi connectivity index (χ0v) is 13.9. The molecule has 0 spiro atoms. The maximum absolute atomic E-state index is 12.0. The third kappa shape index (κ3) is 4.53. The second-order valence-corrected chi connectivity index (χ2v) is 8.88. The van der Waals surface area contributed by atoms with Crippen molar-refractivity contribution in [3.05, 3.63) is 0 Å². The summed E-state index contributed by atoms with van der Waals surface area (Å²) in [6.45, 7) is 6.47. The quantitative estimate of drug-likeness (QED) is 0.863. The van der Waals surface area contributed by atoms with Gasteiger partial charge in [0.2, 0.25) is 0 Å². The molecule has 0 aromatic heterocycles. The number of carboxylic acids is 1. The lowest BCUT2D eigenvalue weighted by atomic mass is 9.95. The molecule has 2 rings (SSSR count). The zero-order chi connectivity index (χ0) is 15.7. The molecule has 1 saturated heterocycles. The Bertz CT molecular complexity index is 406. The standard InChI is InChI=1S/C15H25NO4S/c1-14(2,3)20-13(19)16-9-15(10-16,8-12(17)18)21-11-6-4-5-7-11/h11H,4-10H2,1-3H3,(H,17,18). The lowest BCUT2D eigenvalue weighted by Gasteiger charge is -2.49. The van der Waals surface area contributed by atoms with E-state index < -0.39 is 11.6 Å². The van der Waals surface area contributed by atoms with Gasteiger partial charge >= 0.3 is 12.1 Å². The fourth-order valence-corrected chi connectivity index (χ4v) is 4.91. The SMILES string of the molecule is CC(C)(C)OC(=O)N1CC(CC(=O)O)(SC2CCCC2)C1. The summed E-state index contributed by atoms with van der Waals surface area (Å²) in [7, 11) is 0. The Morgan fingerprint density at radius 2 is 1.86 bits per heavy atom. The van der Waals surface area contributed by atoms with E-state index in [0.29, 0.717) is 18.3 Å². The number of carbonyl (C=O) groups is 2. The predicted molar refractivity (Wildman–Crippen MR) is 82.6 cm³/mol. The van der Waals surface area contributed by atoms with Crippen molar-refractivity contribution in [1.29, 1.82) is 0 Å². The maximum Gasteiger partial charge on any atom is 0.410 e. The van der Waals surface area contributed by atoms with Gasteiger partial charge in [0, 0.05) is 18.3 Å². The van der Waals surface area contributed by atoms with Gasteiger partial charge < -0.3 is 14.7 Å². The minimum atomic E-state index is -0.788. The van der Waals surface area contributed by atoms with Gasteiger partial charge in [-0.15, -0.1) is 11.8 Å². The van der Waals surface area contributed by atoms with Gasteiger partial charge in [-0.2, -0.15) is 0 Å². The smallest absolute Gasteiger partial charge is 0.410 e.